The molecule has 1 aliphatic heterocycles. The summed E-state index contributed by atoms with van der Waals surface area (Å²) in [5.41, 5.74) is 7.77. The summed E-state index contributed by atoms with van der Waals surface area (Å²) >= 11 is 0. The van der Waals surface area contributed by atoms with Crippen molar-refractivity contribution in [2.45, 2.75) is 13.0 Å². The summed E-state index contributed by atoms with van der Waals surface area (Å²) in [4.78, 5) is 14.2. The molecule has 2 rings (SSSR count). The Bertz CT molecular complexity index is 493. The third-order valence-electron chi connectivity index (χ3n) is 3.71. The Kier molecular flexibility index (Phi) is 5.41. The molecular weight excluding hydrogens is 268 g/mol. The Morgan fingerprint density at radius 2 is 2.33 bits per heavy atom. The lowest BCUT2D eigenvalue weighted by molar-refractivity contribution is -0.0191. The van der Waals surface area contributed by atoms with Gasteiger partial charge in [0.2, 0.25) is 0 Å². The molecular formula is C15H24N4O2. The van der Waals surface area contributed by atoms with E-state index >= 15 is 0 Å². The van der Waals surface area contributed by atoms with E-state index < -0.39 is 0 Å². The van der Waals surface area contributed by atoms with E-state index in [2.05, 4.69) is 22.5 Å². The predicted octanol–water partition coefficient (Wildman–Crippen LogP) is 0.761. The van der Waals surface area contributed by atoms with E-state index in [4.69, 9.17) is 10.5 Å². The van der Waals surface area contributed by atoms with Crippen molar-refractivity contribution in [3.8, 4) is 0 Å². The van der Waals surface area contributed by atoms with Gasteiger partial charge >= 0.3 is 0 Å². The van der Waals surface area contributed by atoms with Crippen LogP contribution in [0.1, 0.15) is 17.3 Å². The van der Waals surface area contributed by atoms with Crippen LogP contribution in [0, 0.1) is 0 Å². The number of morpholine rings is 1. The first-order valence-electron chi connectivity index (χ1n) is 7.33. The first-order chi connectivity index (χ1) is 10.1. The van der Waals surface area contributed by atoms with Crippen molar-refractivity contribution in [3.05, 3.63) is 23.8 Å². The van der Waals surface area contributed by atoms with Crippen molar-refractivity contribution < 1.29 is 9.53 Å². The highest BCUT2D eigenvalue weighted by Gasteiger charge is 2.19. The fourth-order valence-electron chi connectivity index (χ4n) is 2.46. The SMILES string of the molecule is CCN1CCOC(CNc2cc(N)ccc2C(=O)NC)C1. The molecule has 4 N–H and O–H groups in total. The van der Waals surface area contributed by atoms with Crippen LogP contribution in [0.25, 0.3) is 0 Å². The highest BCUT2D eigenvalue weighted by molar-refractivity contribution is 6.00. The van der Waals surface area contributed by atoms with Crippen LogP contribution in [-0.4, -0.2) is 56.7 Å². The first kappa shape index (κ1) is 15.6. The third-order valence-corrected chi connectivity index (χ3v) is 3.71. The molecule has 0 saturated carbocycles. The summed E-state index contributed by atoms with van der Waals surface area (Å²) in [5.74, 6) is -0.128. The monoisotopic (exact) mass is 292 g/mol. The Hall–Kier alpha value is -1.79. The first-order valence-corrected chi connectivity index (χ1v) is 7.33. The number of nitrogen functional groups attached to an aromatic ring is 1. The van der Waals surface area contributed by atoms with Crippen LogP contribution in [-0.2, 0) is 4.74 Å². The van der Waals surface area contributed by atoms with Gasteiger partial charge in [0.25, 0.3) is 5.91 Å². The lowest BCUT2D eigenvalue weighted by Gasteiger charge is -2.32. The smallest absolute Gasteiger partial charge is 0.253 e. The van der Waals surface area contributed by atoms with E-state index in [1.807, 2.05) is 0 Å². The fraction of sp³-hybridized carbons (Fsp3) is 0.533. The number of benzene rings is 1. The molecule has 1 unspecified atom stereocenters. The number of amides is 1. The normalized spacial score (nSPS) is 19.2. The maximum absolute atomic E-state index is 11.9. The molecule has 1 heterocycles. The zero-order valence-electron chi connectivity index (χ0n) is 12.7. The fourth-order valence-corrected chi connectivity index (χ4v) is 2.46. The molecule has 21 heavy (non-hydrogen) atoms. The highest BCUT2D eigenvalue weighted by Crippen LogP contribution is 2.19. The zero-order chi connectivity index (χ0) is 15.2. The molecule has 0 aromatic heterocycles. The molecule has 1 fully saturated rings. The van der Waals surface area contributed by atoms with Crippen LogP contribution in [0.3, 0.4) is 0 Å². The van der Waals surface area contributed by atoms with Crippen LogP contribution in [0.4, 0.5) is 11.4 Å². The highest BCUT2D eigenvalue weighted by atomic mass is 16.5. The van der Waals surface area contributed by atoms with Gasteiger partial charge < -0.3 is 21.1 Å². The van der Waals surface area contributed by atoms with Crippen molar-refractivity contribution in [3.63, 3.8) is 0 Å². The largest absolute Gasteiger partial charge is 0.399 e. The Morgan fingerprint density at radius 3 is 3.05 bits per heavy atom. The second-order valence-electron chi connectivity index (χ2n) is 5.15. The standard InChI is InChI=1S/C15H24N4O2/c1-3-19-6-7-21-12(10-19)9-18-14-8-11(16)4-5-13(14)15(20)17-2/h4-5,8,12,18H,3,6-7,9-10,16H2,1-2H3,(H,17,20). The Morgan fingerprint density at radius 1 is 1.52 bits per heavy atom. The maximum atomic E-state index is 11.9. The number of hydrogen-bond donors (Lipinski definition) is 3. The van der Waals surface area contributed by atoms with Gasteiger partial charge in [0.1, 0.15) is 0 Å². The van der Waals surface area contributed by atoms with Gasteiger partial charge in [0.05, 0.1) is 18.3 Å². The van der Waals surface area contributed by atoms with Crippen molar-refractivity contribution in [1.82, 2.24) is 10.2 Å². The van der Waals surface area contributed by atoms with Gasteiger partial charge in [0, 0.05) is 38.1 Å². The third kappa shape index (κ3) is 4.09. The molecule has 1 aromatic rings. The van der Waals surface area contributed by atoms with E-state index in [0.29, 0.717) is 17.8 Å². The lowest BCUT2D eigenvalue weighted by Crippen LogP contribution is -2.45. The van der Waals surface area contributed by atoms with E-state index in [9.17, 15) is 4.79 Å². The summed E-state index contributed by atoms with van der Waals surface area (Å²) in [6.45, 7) is 6.47. The average molecular weight is 292 g/mol. The maximum Gasteiger partial charge on any atom is 0.253 e. The van der Waals surface area contributed by atoms with Gasteiger partial charge in [-0.2, -0.15) is 0 Å². The zero-order valence-corrected chi connectivity index (χ0v) is 12.7. The van der Waals surface area contributed by atoms with Crippen LogP contribution in [0.2, 0.25) is 0 Å². The van der Waals surface area contributed by atoms with Crippen molar-refractivity contribution in [2.75, 3.05) is 50.9 Å². The minimum Gasteiger partial charge on any atom is -0.399 e. The number of nitrogens with zero attached hydrogens (tertiary/aromatic N) is 1. The second-order valence-corrected chi connectivity index (χ2v) is 5.15. The van der Waals surface area contributed by atoms with Crippen LogP contribution in [0.15, 0.2) is 18.2 Å². The number of hydrogen-bond acceptors (Lipinski definition) is 5. The van der Waals surface area contributed by atoms with Gasteiger partial charge in [-0.25, -0.2) is 0 Å². The van der Waals surface area contributed by atoms with Gasteiger partial charge in [0.15, 0.2) is 0 Å². The van der Waals surface area contributed by atoms with E-state index in [1.54, 1.807) is 25.2 Å². The molecule has 6 nitrogen and oxygen atoms in total. The summed E-state index contributed by atoms with van der Waals surface area (Å²) in [6, 6.07) is 5.24. The minimum absolute atomic E-state index is 0.123. The van der Waals surface area contributed by atoms with Gasteiger partial charge in [-0.15, -0.1) is 0 Å². The average Bonchev–Trinajstić information content (AvgIpc) is 2.52. The molecule has 0 spiro atoms. The van der Waals surface area contributed by atoms with Crippen molar-refractivity contribution >= 4 is 17.3 Å². The Balaban J connectivity index is 2.02. The number of nitrogens with one attached hydrogen (secondary N) is 2. The lowest BCUT2D eigenvalue weighted by atomic mass is 10.1. The Labute approximate surface area is 125 Å². The molecule has 116 valence electrons. The molecule has 1 atom stereocenters. The van der Waals surface area contributed by atoms with E-state index in [0.717, 1.165) is 31.9 Å². The summed E-state index contributed by atoms with van der Waals surface area (Å²) in [7, 11) is 1.62. The number of likely N-dealkylation sites (N-methyl/N-ethyl adjacent to an activating group) is 1. The number of carbonyl (C=O) groups is 1. The van der Waals surface area contributed by atoms with Crippen LogP contribution in [0.5, 0.6) is 0 Å². The molecule has 1 amide bonds. The topological polar surface area (TPSA) is 79.6 Å². The number of nitrogens with two attached hydrogens (primary N) is 1. The van der Waals surface area contributed by atoms with Crippen molar-refractivity contribution in [2.24, 2.45) is 0 Å². The minimum atomic E-state index is -0.128. The number of ether oxygens (including phenoxy) is 1. The van der Waals surface area contributed by atoms with E-state index in [-0.39, 0.29) is 12.0 Å². The van der Waals surface area contributed by atoms with Gasteiger partial charge in [-0.1, -0.05) is 6.92 Å². The molecule has 0 radical (unpaired) electrons. The number of carbonyl (C=O) groups excluding carboxylic acids is 1. The van der Waals surface area contributed by atoms with Crippen LogP contribution < -0.4 is 16.4 Å². The molecule has 0 bridgehead atoms. The quantitative estimate of drug-likeness (QED) is 0.698. The molecule has 1 aliphatic rings. The molecule has 6 heteroatoms. The van der Waals surface area contributed by atoms with Gasteiger partial charge in [-0.3, -0.25) is 9.69 Å². The van der Waals surface area contributed by atoms with Crippen molar-refractivity contribution in [1.29, 1.82) is 0 Å². The molecule has 1 aromatic carbocycles. The number of rotatable bonds is 5. The molecule has 0 aliphatic carbocycles. The summed E-state index contributed by atoms with van der Waals surface area (Å²) < 4.78 is 5.75. The summed E-state index contributed by atoms with van der Waals surface area (Å²) in [6.07, 6.45) is 0.123. The molecule has 1 saturated heterocycles. The van der Waals surface area contributed by atoms with E-state index in [1.165, 1.54) is 0 Å². The predicted molar refractivity (Wildman–Crippen MR) is 84.6 cm³/mol. The summed E-state index contributed by atoms with van der Waals surface area (Å²) in [5, 5.41) is 5.93. The van der Waals surface area contributed by atoms with Gasteiger partial charge in [-0.05, 0) is 24.7 Å². The second kappa shape index (κ2) is 7.28. The number of anilines is 2. The van der Waals surface area contributed by atoms with Crippen LogP contribution >= 0.6 is 0 Å².